The second-order valence-electron chi connectivity index (χ2n) is 4.79. The second-order valence-corrected chi connectivity index (χ2v) is 4.79. The molecule has 1 aliphatic rings. The highest BCUT2D eigenvalue weighted by atomic mass is 16.2. The summed E-state index contributed by atoms with van der Waals surface area (Å²) >= 11 is 0. The standard InChI is InChI=1S/C13H21N3O2/c1-2-14-9-10-16(13(14)18)11-12(17)15-7-5-3-4-6-8-15/h9-10H,2-8,11H2,1H3. The third kappa shape index (κ3) is 2.83. The van der Waals surface area contributed by atoms with Crippen LogP contribution in [-0.4, -0.2) is 33.0 Å². The molecular formula is C13H21N3O2. The average molecular weight is 251 g/mol. The molecular weight excluding hydrogens is 230 g/mol. The summed E-state index contributed by atoms with van der Waals surface area (Å²) in [5, 5.41) is 0. The molecule has 1 fully saturated rings. The summed E-state index contributed by atoms with van der Waals surface area (Å²) in [6.07, 6.45) is 8.00. The molecule has 0 atom stereocenters. The number of aryl methyl sites for hydroxylation is 1. The Morgan fingerprint density at radius 3 is 2.28 bits per heavy atom. The van der Waals surface area contributed by atoms with Crippen molar-refractivity contribution in [3.05, 3.63) is 22.9 Å². The summed E-state index contributed by atoms with van der Waals surface area (Å²) in [4.78, 5) is 25.9. The first kappa shape index (κ1) is 12.9. The van der Waals surface area contributed by atoms with Crippen LogP contribution in [0.2, 0.25) is 0 Å². The van der Waals surface area contributed by atoms with Crippen molar-refractivity contribution < 1.29 is 4.79 Å². The fourth-order valence-electron chi connectivity index (χ4n) is 2.38. The van der Waals surface area contributed by atoms with Crippen molar-refractivity contribution in [2.45, 2.75) is 45.7 Å². The summed E-state index contributed by atoms with van der Waals surface area (Å²) in [5.41, 5.74) is -0.0966. The molecule has 1 aromatic rings. The van der Waals surface area contributed by atoms with E-state index in [4.69, 9.17) is 0 Å². The van der Waals surface area contributed by atoms with Crippen molar-refractivity contribution in [3.8, 4) is 0 Å². The second kappa shape index (κ2) is 5.89. The lowest BCUT2D eigenvalue weighted by Gasteiger charge is -2.20. The smallest absolute Gasteiger partial charge is 0.328 e. The van der Waals surface area contributed by atoms with Crippen molar-refractivity contribution in [3.63, 3.8) is 0 Å². The fourth-order valence-corrected chi connectivity index (χ4v) is 2.38. The quantitative estimate of drug-likeness (QED) is 0.807. The van der Waals surface area contributed by atoms with Crippen LogP contribution in [0.4, 0.5) is 0 Å². The monoisotopic (exact) mass is 251 g/mol. The number of carbonyl (C=O) groups is 1. The summed E-state index contributed by atoms with van der Waals surface area (Å²) in [6, 6.07) is 0. The minimum absolute atomic E-state index is 0.0628. The minimum atomic E-state index is -0.0966. The fraction of sp³-hybridized carbons (Fsp3) is 0.692. The molecule has 0 spiro atoms. The Balaban J connectivity index is 2.01. The van der Waals surface area contributed by atoms with Gasteiger partial charge in [0.15, 0.2) is 0 Å². The third-order valence-electron chi connectivity index (χ3n) is 3.52. The zero-order valence-electron chi connectivity index (χ0n) is 11.0. The predicted octanol–water partition coefficient (Wildman–Crippen LogP) is 1.07. The molecule has 0 saturated carbocycles. The highest BCUT2D eigenvalue weighted by Crippen LogP contribution is 2.10. The highest BCUT2D eigenvalue weighted by Gasteiger charge is 2.16. The molecule has 0 radical (unpaired) electrons. The lowest BCUT2D eigenvalue weighted by atomic mass is 10.2. The molecule has 5 heteroatoms. The van der Waals surface area contributed by atoms with E-state index < -0.39 is 0 Å². The van der Waals surface area contributed by atoms with E-state index in [1.807, 2.05) is 11.8 Å². The van der Waals surface area contributed by atoms with Gasteiger partial charge in [0.05, 0.1) is 0 Å². The molecule has 1 aliphatic heterocycles. The van der Waals surface area contributed by atoms with E-state index >= 15 is 0 Å². The lowest BCUT2D eigenvalue weighted by molar-refractivity contribution is -0.131. The maximum atomic E-state index is 12.1. The summed E-state index contributed by atoms with van der Waals surface area (Å²) in [7, 11) is 0. The largest absolute Gasteiger partial charge is 0.341 e. The minimum Gasteiger partial charge on any atom is -0.341 e. The zero-order valence-corrected chi connectivity index (χ0v) is 11.0. The van der Waals surface area contributed by atoms with Crippen molar-refractivity contribution in [1.29, 1.82) is 0 Å². The molecule has 100 valence electrons. The topological polar surface area (TPSA) is 47.2 Å². The first-order valence-corrected chi connectivity index (χ1v) is 6.75. The van der Waals surface area contributed by atoms with E-state index in [1.54, 1.807) is 17.0 Å². The number of aromatic nitrogens is 2. The summed E-state index contributed by atoms with van der Waals surface area (Å²) < 4.78 is 3.10. The van der Waals surface area contributed by atoms with Crippen LogP contribution in [-0.2, 0) is 17.9 Å². The van der Waals surface area contributed by atoms with Crippen LogP contribution in [0.5, 0.6) is 0 Å². The summed E-state index contributed by atoms with van der Waals surface area (Å²) in [5.74, 6) is 0.0628. The van der Waals surface area contributed by atoms with Gasteiger partial charge >= 0.3 is 5.69 Å². The number of carbonyl (C=O) groups excluding carboxylic acids is 1. The molecule has 0 unspecified atom stereocenters. The van der Waals surface area contributed by atoms with E-state index in [-0.39, 0.29) is 18.1 Å². The third-order valence-corrected chi connectivity index (χ3v) is 3.52. The Morgan fingerprint density at radius 2 is 1.72 bits per heavy atom. The molecule has 0 bridgehead atoms. The molecule has 0 aliphatic carbocycles. The van der Waals surface area contributed by atoms with Gasteiger partial charge in [0, 0.05) is 32.0 Å². The van der Waals surface area contributed by atoms with Crippen LogP contribution in [0, 0.1) is 0 Å². The van der Waals surface area contributed by atoms with E-state index in [9.17, 15) is 9.59 Å². The van der Waals surface area contributed by atoms with Crippen LogP contribution in [0.1, 0.15) is 32.6 Å². The van der Waals surface area contributed by atoms with Crippen LogP contribution in [0.3, 0.4) is 0 Å². The van der Waals surface area contributed by atoms with Gasteiger partial charge in [-0.15, -0.1) is 0 Å². The van der Waals surface area contributed by atoms with Crippen LogP contribution >= 0.6 is 0 Å². The first-order chi connectivity index (χ1) is 8.72. The van der Waals surface area contributed by atoms with Gasteiger partial charge in [-0.3, -0.25) is 13.9 Å². The number of hydrogen-bond donors (Lipinski definition) is 0. The van der Waals surface area contributed by atoms with Crippen molar-refractivity contribution in [2.75, 3.05) is 13.1 Å². The average Bonchev–Trinajstić information content (AvgIpc) is 2.61. The Hall–Kier alpha value is -1.52. The molecule has 0 aromatic carbocycles. The van der Waals surface area contributed by atoms with Gasteiger partial charge in [0.1, 0.15) is 6.54 Å². The van der Waals surface area contributed by atoms with E-state index in [2.05, 4.69) is 0 Å². The van der Waals surface area contributed by atoms with Gasteiger partial charge in [0.2, 0.25) is 5.91 Å². The number of imidazole rings is 1. The molecule has 2 rings (SSSR count). The molecule has 0 N–H and O–H groups in total. The number of hydrogen-bond acceptors (Lipinski definition) is 2. The molecule has 2 heterocycles. The molecule has 1 amide bonds. The SMILES string of the molecule is CCn1ccn(CC(=O)N2CCCCCC2)c1=O. The summed E-state index contributed by atoms with van der Waals surface area (Å²) in [6.45, 7) is 4.40. The maximum Gasteiger partial charge on any atom is 0.328 e. The first-order valence-electron chi connectivity index (χ1n) is 6.75. The molecule has 18 heavy (non-hydrogen) atoms. The van der Waals surface area contributed by atoms with Crippen molar-refractivity contribution in [1.82, 2.24) is 14.0 Å². The van der Waals surface area contributed by atoms with Gasteiger partial charge in [-0.1, -0.05) is 12.8 Å². The Labute approximate surface area is 107 Å². The molecule has 1 saturated heterocycles. The number of likely N-dealkylation sites (tertiary alicyclic amines) is 1. The Bertz CT molecular complexity index is 453. The lowest BCUT2D eigenvalue weighted by Crippen LogP contribution is -2.37. The number of amides is 1. The number of nitrogens with zero attached hydrogens (tertiary/aromatic N) is 3. The van der Waals surface area contributed by atoms with Gasteiger partial charge in [-0.2, -0.15) is 0 Å². The Kier molecular flexibility index (Phi) is 4.23. The zero-order chi connectivity index (χ0) is 13.0. The maximum absolute atomic E-state index is 12.1. The normalized spacial score (nSPS) is 16.6. The van der Waals surface area contributed by atoms with Gasteiger partial charge < -0.3 is 4.90 Å². The van der Waals surface area contributed by atoms with Crippen molar-refractivity contribution in [2.24, 2.45) is 0 Å². The number of rotatable bonds is 3. The molecule has 5 nitrogen and oxygen atoms in total. The van der Waals surface area contributed by atoms with Gasteiger partial charge in [-0.05, 0) is 19.8 Å². The van der Waals surface area contributed by atoms with E-state index in [0.717, 1.165) is 25.9 Å². The predicted molar refractivity (Wildman–Crippen MR) is 69.4 cm³/mol. The van der Waals surface area contributed by atoms with Crippen LogP contribution in [0.25, 0.3) is 0 Å². The van der Waals surface area contributed by atoms with E-state index in [0.29, 0.717) is 6.54 Å². The van der Waals surface area contributed by atoms with Crippen LogP contribution in [0.15, 0.2) is 17.2 Å². The van der Waals surface area contributed by atoms with Gasteiger partial charge in [-0.25, -0.2) is 4.79 Å². The van der Waals surface area contributed by atoms with Crippen LogP contribution < -0.4 is 5.69 Å². The highest BCUT2D eigenvalue weighted by molar-refractivity contribution is 5.76. The van der Waals surface area contributed by atoms with Crippen molar-refractivity contribution >= 4 is 5.91 Å². The Morgan fingerprint density at radius 1 is 1.11 bits per heavy atom. The van der Waals surface area contributed by atoms with E-state index in [1.165, 1.54) is 17.4 Å². The molecule has 1 aromatic heterocycles. The van der Waals surface area contributed by atoms with Gasteiger partial charge in [0.25, 0.3) is 0 Å².